The summed E-state index contributed by atoms with van der Waals surface area (Å²) in [5.74, 6) is -0.121. The SMILES string of the molecule is O=C(Nc1ccc(Cl)cc1)c1cccc2ccccc12. The highest BCUT2D eigenvalue weighted by molar-refractivity contribution is 6.30. The van der Waals surface area contributed by atoms with Gasteiger partial charge in [0.05, 0.1) is 0 Å². The molecule has 3 aromatic rings. The lowest BCUT2D eigenvalue weighted by atomic mass is 10.0. The highest BCUT2D eigenvalue weighted by Gasteiger charge is 2.09. The maximum Gasteiger partial charge on any atom is 0.256 e. The molecule has 0 saturated carbocycles. The van der Waals surface area contributed by atoms with E-state index in [2.05, 4.69) is 5.32 Å². The Morgan fingerprint density at radius 3 is 2.35 bits per heavy atom. The Bertz CT molecular complexity index is 760. The number of rotatable bonds is 2. The van der Waals surface area contributed by atoms with Crippen LogP contribution in [0.5, 0.6) is 0 Å². The van der Waals surface area contributed by atoms with Crippen molar-refractivity contribution in [2.75, 3.05) is 5.32 Å². The Morgan fingerprint density at radius 2 is 1.55 bits per heavy atom. The van der Waals surface area contributed by atoms with Crippen molar-refractivity contribution in [3.05, 3.63) is 77.3 Å². The molecule has 0 unspecified atom stereocenters. The second-order valence-electron chi connectivity index (χ2n) is 4.49. The van der Waals surface area contributed by atoms with E-state index < -0.39 is 0 Å². The summed E-state index contributed by atoms with van der Waals surface area (Å²) < 4.78 is 0. The second kappa shape index (κ2) is 5.35. The molecule has 20 heavy (non-hydrogen) atoms. The Morgan fingerprint density at radius 1 is 0.850 bits per heavy atom. The maximum atomic E-state index is 12.4. The summed E-state index contributed by atoms with van der Waals surface area (Å²) >= 11 is 5.83. The molecule has 98 valence electrons. The Hall–Kier alpha value is -2.32. The lowest BCUT2D eigenvalue weighted by Crippen LogP contribution is -2.12. The van der Waals surface area contributed by atoms with Crippen molar-refractivity contribution in [1.82, 2.24) is 0 Å². The van der Waals surface area contributed by atoms with E-state index in [-0.39, 0.29) is 5.91 Å². The highest BCUT2D eigenvalue weighted by Crippen LogP contribution is 2.20. The summed E-state index contributed by atoms with van der Waals surface area (Å²) in [4.78, 5) is 12.4. The molecule has 0 heterocycles. The molecule has 0 atom stereocenters. The number of anilines is 1. The Labute approximate surface area is 122 Å². The number of carbonyl (C=O) groups excluding carboxylic acids is 1. The first-order valence-corrected chi connectivity index (χ1v) is 6.66. The number of nitrogens with one attached hydrogen (secondary N) is 1. The van der Waals surface area contributed by atoms with E-state index in [4.69, 9.17) is 11.6 Å². The van der Waals surface area contributed by atoms with E-state index in [1.807, 2.05) is 42.5 Å². The smallest absolute Gasteiger partial charge is 0.256 e. The lowest BCUT2D eigenvalue weighted by molar-refractivity contribution is 0.102. The van der Waals surface area contributed by atoms with Crippen molar-refractivity contribution in [3.63, 3.8) is 0 Å². The van der Waals surface area contributed by atoms with Crippen molar-refractivity contribution in [1.29, 1.82) is 0 Å². The van der Waals surface area contributed by atoms with Crippen LogP contribution in [0.1, 0.15) is 10.4 Å². The van der Waals surface area contributed by atoms with Crippen LogP contribution in [0.2, 0.25) is 5.02 Å². The van der Waals surface area contributed by atoms with Gasteiger partial charge < -0.3 is 5.32 Å². The van der Waals surface area contributed by atoms with Crippen LogP contribution >= 0.6 is 11.6 Å². The Kier molecular flexibility index (Phi) is 3.40. The van der Waals surface area contributed by atoms with Gasteiger partial charge in [0.1, 0.15) is 0 Å². The molecule has 0 aromatic heterocycles. The molecular weight excluding hydrogens is 270 g/mol. The number of carbonyl (C=O) groups is 1. The fourth-order valence-corrected chi connectivity index (χ4v) is 2.28. The van der Waals surface area contributed by atoms with Gasteiger partial charge in [-0.3, -0.25) is 4.79 Å². The number of fused-ring (bicyclic) bond motifs is 1. The first-order chi connectivity index (χ1) is 9.74. The van der Waals surface area contributed by atoms with Crippen LogP contribution < -0.4 is 5.32 Å². The van der Waals surface area contributed by atoms with E-state index in [0.29, 0.717) is 10.6 Å². The number of hydrogen-bond donors (Lipinski definition) is 1. The van der Waals surface area contributed by atoms with Gasteiger partial charge >= 0.3 is 0 Å². The van der Waals surface area contributed by atoms with Crippen LogP contribution in [0, 0.1) is 0 Å². The molecule has 3 aromatic carbocycles. The molecule has 0 fully saturated rings. The van der Waals surface area contributed by atoms with Gasteiger partial charge in [0.25, 0.3) is 5.91 Å². The average Bonchev–Trinajstić information content (AvgIpc) is 2.49. The van der Waals surface area contributed by atoms with Gasteiger partial charge in [0, 0.05) is 16.3 Å². The summed E-state index contributed by atoms with van der Waals surface area (Å²) in [7, 11) is 0. The number of hydrogen-bond acceptors (Lipinski definition) is 1. The van der Waals surface area contributed by atoms with Crippen LogP contribution in [-0.4, -0.2) is 5.91 Å². The molecule has 0 aliphatic heterocycles. The first kappa shape index (κ1) is 12.7. The molecule has 3 heteroatoms. The molecule has 1 N–H and O–H groups in total. The fraction of sp³-hybridized carbons (Fsp3) is 0. The highest BCUT2D eigenvalue weighted by atomic mass is 35.5. The van der Waals surface area contributed by atoms with Crippen molar-refractivity contribution >= 4 is 34.0 Å². The molecule has 0 aliphatic carbocycles. The second-order valence-corrected chi connectivity index (χ2v) is 4.92. The van der Waals surface area contributed by atoms with E-state index in [9.17, 15) is 4.79 Å². The lowest BCUT2D eigenvalue weighted by Gasteiger charge is -2.08. The maximum absolute atomic E-state index is 12.4. The van der Waals surface area contributed by atoms with E-state index >= 15 is 0 Å². The average molecular weight is 282 g/mol. The predicted octanol–water partition coefficient (Wildman–Crippen LogP) is 4.75. The van der Waals surface area contributed by atoms with Crippen LogP contribution in [0.4, 0.5) is 5.69 Å². The molecule has 3 rings (SSSR count). The number of halogens is 1. The normalized spacial score (nSPS) is 10.4. The van der Waals surface area contributed by atoms with E-state index in [1.165, 1.54) is 0 Å². The zero-order valence-electron chi connectivity index (χ0n) is 10.6. The molecule has 2 nitrogen and oxygen atoms in total. The predicted molar refractivity (Wildman–Crippen MR) is 83.4 cm³/mol. The molecule has 0 saturated heterocycles. The van der Waals surface area contributed by atoms with Crippen LogP contribution in [0.25, 0.3) is 10.8 Å². The van der Waals surface area contributed by atoms with Crippen LogP contribution in [0.15, 0.2) is 66.7 Å². The minimum absolute atomic E-state index is 0.121. The van der Waals surface area contributed by atoms with Gasteiger partial charge in [-0.05, 0) is 41.1 Å². The third-order valence-corrected chi connectivity index (χ3v) is 3.39. The van der Waals surface area contributed by atoms with Crippen molar-refractivity contribution in [2.24, 2.45) is 0 Å². The van der Waals surface area contributed by atoms with E-state index in [1.54, 1.807) is 24.3 Å². The molecule has 0 aliphatic rings. The van der Waals surface area contributed by atoms with Gasteiger partial charge in [0.2, 0.25) is 0 Å². The molecule has 1 amide bonds. The zero-order valence-corrected chi connectivity index (χ0v) is 11.4. The third kappa shape index (κ3) is 2.51. The van der Waals surface area contributed by atoms with Gasteiger partial charge in [-0.15, -0.1) is 0 Å². The van der Waals surface area contributed by atoms with Crippen molar-refractivity contribution in [3.8, 4) is 0 Å². The number of benzene rings is 3. The summed E-state index contributed by atoms with van der Waals surface area (Å²) in [6.07, 6.45) is 0. The Balaban J connectivity index is 1.94. The van der Waals surface area contributed by atoms with Crippen LogP contribution in [-0.2, 0) is 0 Å². The molecule has 0 radical (unpaired) electrons. The fourth-order valence-electron chi connectivity index (χ4n) is 2.16. The van der Waals surface area contributed by atoms with Gasteiger partial charge in [-0.25, -0.2) is 0 Å². The van der Waals surface area contributed by atoms with Crippen molar-refractivity contribution in [2.45, 2.75) is 0 Å². The number of amides is 1. The molecule has 0 spiro atoms. The summed E-state index contributed by atoms with van der Waals surface area (Å²) in [6, 6.07) is 20.6. The quantitative estimate of drug-likeness (QED) is 0.722. The third-order valence-electron chi connectivity index (χ3n) is 3.14. The summed E-state index contributed by atoms with van der Waals surface area (Å²) in [5.41, 5.74) is 1.39. The van der Waals surface area contributed by atoms with Crippen LogP contribution in [0.3, 0.4) is 0 Å². The van der Waals surface area contributed by atoms with E-state index in [0.717, 1.165) is 16.5 Å². The molecule has 0 bridgehead atoms. The minimum Gasteiger partial charge on any atom is -0.322 e. The topological polar surface area (TPSA) is 29.1 Å². The van der Waals surface area contributed by atoms with Gasteiger partial charge in [-0.1, -0.05) is 48.0 Å². The first-order valence-electron chi connectivity index (χ1n) is 6.29. The van der Waals surface area contributed by atoms with Crippen molar-refractivity contribution < 1.29 is 4.79 Å². The molecular formula is C17H12ClNO. The largest absolute Gasteiger partial charge is 0.322 e. The zero-order chi connectivity index (χ0) is 13.9. The van der Waals surface area contributed by atoms with Gasteiger partial charge in [0.15, 0.2) is 0 Å². The minimum atomic E-state index is -0.121. The summed E-state index contributed by atoms with van der Waals surface area (Å²) in [6.45, 7) is 0. The monoisotopic (exact) mass is 281 g/mol. The van der Waals surface area contributed by atoms with Gasteiger partial charge in [-0.2, -0.15) is 0 Å². The standard InChI is InChI=1S/C17H12ClNO/c18-13-8-10-14(11-9-13)19-17(20)16-7-3-5-12-4-1-2-6-15(12)16/h1-11H,(H,19,20). The summed E-state index contributed by atoms with van der Waals surface area (Å²) in [5, 5.41) is 5.52.